The summed E-state index contributed by atoms with van der Waals surface area (Å²) in [5.74, 6) is -0.00607. The van der Waals surface area contributed by atoms with Gasteiger partial charge >= 0.3 is 0 Å². The highest BCUT2D eigenvalue weighted by atomic mass is 32.2. The molecule has 0 amide bonds. The lowest BCUT2D eigenvalue weighted by Crippen LogP contribution is -2.21. The Bertz CT molecular complexity index is 473. The van der Waals surface area contributed by atoms with Crippen LogP contribution in [0.2, 0.25) is 0 Å². The third-order valence-corrected chi connectivity index (χ3v) is 3.66. The Morgan fingerprint density at radius 2 is 2.31 bits per heavy atom. The third-order valence-electron chi connectivity index (χ3n) is 1.86. The average molecular weight is 259 g/mol. The monoisotopic (exact) mass is 259 g/mol. The van der Waals surface area contributed by atoms with Gasteiger partial charge in [0.05, 0.1) is 11.3 Å². The molecule has 7 heteroatoms. The van der Waals surface area contributed by atoms with Gasteiger partial charge in [-0.1, -0.05) is 0 Å². The standard InChI is InChI=1S/C9H13N3O2S2/c10-5-8-4-9(15-7-8)6-12-2-1-3-16(11,13)14/h4,7,12H,1-3,6H2,(H2,11,13,14). The van der Waals surface area contributed by atoms with Crippen LogP contribution in [0, 0.1) is 11.3 Å². The summed E-state index contributed by atoms with van der Waals surface area (Å²) in [5.41, 5.74) is 0.659. The zero-order chi connectivity index (χ0) is 12.0. The molecule has 1 aromatic heterocycles. The van der Waals surface area contributed by atoms with E-state index in [2.05, 4.69) is 11.4 Å². The molecule has 0 spiro atoms. The SMILES string of the molecule is N#Cc1csc(CNCCCS(N)(=O)=O)c1. The number of thiophene rings is 1. The predicted molar refractivity (Wildman–Crippen MR) is 63.3 cm³/mol. The van der Waals surface area contributed by atoms with Gasteiger partial charge in [0.15, 0.2) is 0 Å². The van der Waals surface area contributed by atoms with Crippen molar-refractivity contribution in [1.82, 2.24) is 5.32 Å². The highest BCUT2D eigenvalue weighted by Crippen LogP contribution is 2.13. The molecule has 0 saturated heterocycles. The molecule has 0 saturated carbocycles. The van der Waals surface area contributed by atoms with Crippen LogP contribution in [0.15, 0.2) is 11.4 Å². The van der Waals surface area contributed by atoms with Crippen molar-refractivity contribution in [2.45, 2.75) is 13.0 Å². The molecule has 0 atom stereocenters. The van der Waals surface area contributed by atoms with E-state index in [1.807, 2.05) is 6.07 Å². The number of hydrogen-bond acceptors (Lipinski definition) is 5. The molecule has 0 radical (unpaired) electrons. The van der Waals surface area contributed by atoms with Crippen LogP contribution in [0.1, 0.15) is 16.9 Å². The highest BCUT2D eigenvalue weighted by molar-refractivity contribution is 7.89. The molecule has 0 unspecified atom stereocenters. The van der Waals surface area contributed by atoms with Crippen LogP contribution in [0.3, 0.4) is 0 Å². The van der Waals surface area contributed by atoms with E-state index in [1.54, 1.807) is 5.38 Å². The Morgan fingerprint density at radius 3 is 2.88 bits per heavy atom. The lowest BCUT2D eigenvalue weighted by atomic mass is 10.3. The molecule has 0 aliphatic heterocycles. The first kappa shape index (κ1) is 13.1. The molecule has 5 nitrogen and oxygen atoms in total. The van der Waals surface area contributed by atoms with Crippen molar-refractivity contribution < 1.29 is 8.42 Å². The molecule has 0 fully saturated rings. The van der Waals surface area contributed by atoms with E-state index in [-0.39, 0.29) is 5.75 Å². The number of nitriles is 1. The fraction of sp³-hybridized carbons (Fsp3) is 0.444. The summed E-state index contributed by atoms with van der Waals surface area (Å²) in [7, 11) is -3.35. The number of sulfonamides is 1. The maximum Gasteiger partial charge on any atom is 0.209 e. The number of primary sulfonamides is 1. The smallest absolute Gasteiger partial charge is 0.209 e. The van der Waals surface area contributed by atoms with E-state index < -0.39 is 10.0 Å². The van der Waals surface area contributed by atoms with Crippen LogP contribution in [0.4, 0.5) is 0 Å². The number of rotatable bonds is 6. The minimum absolute atomic E-state index is 0.00607. The number of hydrogen-bond donors (Lipinski definition) is 2. The molecule has 0 aliphatic carbocycles. The molecule has 1 rings (SSSR count). The first-order valence-electron chi connectivity index (χ1n) is 4.70. The number of nitrogens with zero attached hydrogens (tertiary/aromatic N) is 1. The Morgan fingerprint density at radius 1 is 1.56 bits per heavy atom. The average Bonchev–Trinajstić information content (AvgIpc) is 2.63. The second-order valence-corrected chi connectivity index (χ2v) is 6.04. The van der Waals surface area contributed by atoms with Gasteiger partial charge in [-0.25, -0.2) is 13.6 Å². The summed E-state index contributed by atoms with van der Waals surface area (Å²) in [6, 6.07) is 3.87. The van der Waals surface area contributed by atoms with Crippen molar-refractivity contribution >= 4 is 21.4 Å². The second kappa shape index (κ2) is 5.96. The summed E-state index contributed by atoms with van der Waals surface area (Å²) in [4.78, 5) is 1.06. The van der Waals surface area contributed by atoms with Crippen molar-refractivity contribution in [2.75, 3.05) is 12.3 Å². The summed E-state index contributed by atoms with van der Waals surface area (Å²) >= 11 is 1.51. The van der Waals surface area contributed by atoms with Gasteiger partial charge in [0.2, 0.25) is 10.0 Å². The third kappa shape index (κ3) is 5.23. The number of nitrogens with one attached hydrogen (secondary N) is 1. The molecule has 1 heterocycles. The molecule has 0 bridgehead atoms. The summed E-state index contributed by atoms with van der Waals surface area (Å²) < 4.78 is 21.2. The normalized spacial score (nSPS) is 11.2. The van der Waals surface area contributed by atoms with Gasteiger partial charge in [0, 0.05) is 16.8 Å². The van der Waals surface area contributed by atoms with Gasteiger partial charge in [0.25, 0.3) is 0 Å². The van der Waals surface area contributed by atoms with Crippen molar-refractivity contribution in [3.05, 3.63) is 21.9 Å². The van der Waals surface area contributed by atoms with E-state index in [9.17, 15) is 8.42 Å². The summed E-state index contributed by atoms with van der Waals surface area (Å²) in [6.07, 6.45) is 0.495. The minimum Gasteiger partial charge on any atom is -0.312 e. The van der Waals surface area contributed by atoms with E-state index in [1.165, 1.54) is 11.3 Å². The molecule has 0 aliphatic rings. The zero-order valence-corrected chi connectivity index (χ0v) is 10.3. The molecule has 16 heavy (non-hydrogen) atoms. The van der Waals surface area contributed by atoms with Crippen LogP contribution in [-0.2, 0) is 16.6 Å². The fourth-order valence-corrected chi connectivity index (χ4v) is 2.47. The molecular weight excluding hydrogens is 246 g/mol. The van der Waals surface area contributed by atoms with Crippen molar-refractivity contribution in [2.24, 2.45) is 5.14 Å². The van der Waals surface area contributed by atoms with Crippen molar-refractivity contribution in [3.8, 4) is 6.07 Å². The van der Waals surface area contributed by atoms with Gasteiger partial charge < -0.3 is 5.32 Å². The Kier molecular flexibility index (Phi) is 4.89. The van der Waals surface area contributed by atoms with E-state index >= 15 is 0 Å². The lowest BCUT2D eigenvalue weighted by molar-refractivity contribution is 0.590. The summed E-state index contributed by atoms with van der Waals surface area (Å²) in [6.45, 7) is 1.24. The Hall–Kier alpha value is -0.940. The van der Waals surface area contributed by atoms with Gasteiger partial charge in [0.1, 0.15) is 6.07 Å². The summed E-state index contributed by atoms with van der Waals surface area (Å²) in [5, 5.41) is 18.4. The maximum atomic E-state index is 10.6. The van der Waals surface area contributed by atoms with Crippen LogP contribution >= 0.6 is 11.3 Å². The predicted octanol–water partition coefficient (Wildman–Crippen LogP) is 0.388. The molecule has 0 aromatic carbocycles. The number of nitrogens with two attached hydrogens (primary N) is 1. The molecule has 3 N–H and O–H groups in total. The Balaban J connectivity index is 2.19. The topological polar surface area (TPSA) is 96.0 Å². The second-order valence-electron chi connectivity index (χ2n) is 3.31. The van der Waals surface area contributed by atoms with Gasteiger partial charge in [-0.2, -0.15) is 5.26 Å². The minimum atomic E-state index is -3.35. The van der Waals surface area contributed by atoms with E-state index in [4.69, 9.17) is 10.4 Å². The zero-order valence-electron chi connectivity index (χ0n) is 8.64. The van der Waals surface area contributed by atoms with E-state index in [0.29, 0.717) is 25.1 Å². The quantitative estimate of drug-likeness (QED) is 0.722. The van der Waals surface area contributed by atoms with Crippen LogP contribution in [0.25, 0.3) is 0 Å². The molecule has 1 aromatic rings. The molecule has 88 valence electrons. The van der Waals surface area contributed by atoms with Crippen molar-refractivity contribution in [1.29, 1.82) is 5.26 Å². The van der Waals surface area contributed by atoms with Gasteiger partial charge in [-0.15, -0.1) is 11.3 Å². The largest absolute Gasteiger partial charge is 0.312 e. The first-order chi connectivity index (χ1) is 7.51. The van der Waals surface area contributed by atoms with Gasteiger partial charge in [-0.3, -0.25) is 0 Å². The molecular formula is C9H13N3O2S2. The fourth-order valence-electron chi connectivity index (χ4n) is 1.14. The highest BCUT2D eigenvalue weighted by Gasteiger charge is 2.02. The van der Waals surface area contributed by atoms with E-state index in [0.717, 1.165) is 4.88 Å². The van der Waals surface area contributed by atoms with Gasteiger partial charge in [-0.05, 0) is 19.0 Å². The van der Waals surface area contributed by atoms with Crippen LogP contribution < -0.4 is 10.5 Å². The maximum absolute atomic E-state index is 10.6. The van der Waals surface area contributed by atoms with Crippen LogP contribution in [-0.4, -0.2) is 20.7 Å². The Labute approximate surface area is 98.9 Å². The first-order valence-corrected chi connectivity index (χ1v) is 7.29. The van der Waals surface area contributed by atoms with Crippen LogP contribution in [0.5, 0.6) is 0 Å². The lowest BCUT2D eigenvalue weighted by Gasteiger charge is -2.01. The van der Waals surface area contributed by atoms with Crippen molar-refractivity contribution in [3.63, 3.8) is 0 Å².